The quantitative estimate of drug-likeness (QED) is 0.696. The highest BCUT2D eigenvalue weighted by Crippen LogP contribution is 2.25. The summed E-state index contributed by atoms with van der Waals surface area (Å²) in [5, 5.41) is 14.3. The summed E-state index contributed by atoms with van der Waals surface area (Å²) in [4.78, 5) is 37.7. The number of aromatic hydroxyl groups is 1. The molecule has 27 heavy (non-hydrogen) atoms. The first-order valence-electron chi connectivity index (χ1n) is 8.35. The molecule has 0 radical (unpaired) electrons. The molecule has 3 amide bonds. The van der Waals surface area contributed by atoms with Crippen LogP contribution in [-0.4, -0.2) is 35.9 Å². The molecular formula is C19H18FN3O4. The fourth-order valence-corrected chi connectivity index (χ4v) is 2.82. The predicted octanol–water partition coefficient (Wildman–Crippen LogP) is 1.64. The highest BCUT2D eigenvalue weighted by atomic mass is 19.1. The third kappa shape index (κ3) is 4.60. The normalized spacial score (nSPS) is 16.3. The van der Waals surface area contributed by atoms with Crippen LogP contribution in [0.15, 0.2) is 48.5 Å². The van der Waals surface area contributed by atoms with Gasteiger partial charge in [0.1, 0.15) is 11.6 Å². The van der Waals surface area contributed by atoms with Crippen LogP contribution in [0.1, 0.15) is 6.42 Å². The van der Waals surface area contributed by atoms with Gasteiger partial charge in [-0.05, 0) is 48.5 Å². The van der Waals surface area contributed by atoms with E-state index in [9.17, 15) is 23.9 Å². The molecule has 3 rings (SSSR count). The fourth-order valence-electron chi connectivity index (χ4n) is 2.82. The average Bonchev–Trinajstić information content (AvgIpc) is 3.04. The van der Waals surface area contributed by atoms with Gasteiger partial charge < -0.3 is 20.6 Å². The molecule has 0 spiro atoms. The number of rotatable bonds is 5. The van der Waals surface area contributed by atoms with Gasteiger partial charge in [-0.25, -0.2) is 4.39 Å². The minimum Gasteiger partial charge on any atom is -0.508 e. The Morgan fingerprint density at radius 2 is 1.78 bits per heavy atom. The molecule has 1 aliphatic rings. The van der Waals surface area contributed by atoms with E-state index in [0.717, 1.165) is 0 Å². The summed E-state index contributed by atoms with van der Waals surface area (Å²) in [6.45, 7) is -0.0587. The summed E-state index contributed by atoms with van der Waals surface area (Å²) in [5.74, 6) is -1.95. The molecule has 0 saturated carbocycles. The summed E-state index contributed by atoms with van der Waals surface area (Å²) < 4.78 is 13.0. The van der Waals surface area contributed by atoms with Gasteiger partial charge >= 0.3 is 0 Å². The van der Waals surface area contributed by atoms with Crippen molar-refractivity contribution >= 4 is 29.1 Å². The maximum Gasteiger partial charge on any atom is 0.243 e. The second-order valence-electron chi connectivity index (χ2n) is 6.19. The number of phenols is 1. The maximum atomic E-state index is 13.0. The van der Waals surface area contributed by atoms with Crippen molar-refractivity contribution in [3.8, 4) is 5.75 Å². The van der Waals surface area contributed by atoms with Gasteiger partial charge in [0.15, 0.2) is 0 Å². The Morgan fingerprint density at radius 1 is 1.11 bits per heavy atom. The van der Waals surface area contributed by atoms with Crippen LogP contribution in [0.3, 0.4) is 0 Å². The smallest absolute Gasteiger partial charge is 0.243 e. The lowest BCUT2D eigenvalue weighted by Crippen LogP contribution is -2.37. The number of amides is 3. The maximum absolute atomic E-state index is 13.0. The molecule has 0 aromatic heterocycles. The number of nitrogens with one attached hydrogen (secondary N) is 2. The van der Waals surface area contributed by atoms with E-state index < -0.39 is 23.5 Å². The number of halogens is 1. The summed E-state index contributed by atoms with van der Waals surface area (Å²) in [6.07, 6.45) is 0.0305. The molecule has 1 aliphatic heterocycles. The lowest BCUT2D eigenvalue weighted by molar-refractivity contribution is -0.127. The standard InChI is InChI=1S/C19H18FN3O4/c20-13-1-5-15(6-2-13)23-11-12(9-18(23)26)19(27)21-10-17(25)22-14-3-7-16(24)8-4-14/h1-8,12,24H,9-11H2,(H,21,27)(H,22,25)/t12-/m0/s1. The molecular weight excluding hydrogens is 353 g/mol. The summed E-state index contributed by atoms with van der Waals surface area (Å²) in [6, 6.07) is 11.4. The van der Waals surface area contributed by atoms with Crippen molar-refractivity contribution in [2.24, 2.45) is 5.92 Å². The van der Waals surface area contributed by atoms with Crippen molar-refractivity contribution in [1.82, 2.24) is 5.32 Å². The SMILES string of the molecule is O=C(CNC(=O)[C@H]1CC(=O)N(c2ccc(F)cc2)C1)Nc1ccc(O)cc1. The Bertz CT molecular complexity index is 852. The molecule has 2 aromatic carbocycles. The Labute approximate surface area is 154 Å². The van der Waals surface area contributed by atoms with E-state index in [2.05, 4.69) is 10.6 Å². The zero-order valence-corrected chi connectivity index (χ0v) is 14.3. The second-order valence-corrected chi connectivity index (χ2v) is 6.19. The number of hydrogen-bond donors (Lipinski definition) is 3. The molecule has 1 atom stereocenters. The number of anilines is 2. The second kappa shape index (κ2) is 7.86. The van der Waals surface area contributed by atoms with Crippen molar-refractivity contribution in [3.63, 3.8) is 0 Å². The van der Waals surface area contributed by atoms with E-state index in [0.29, 0.717) is 11.4 Å². The Morgan fingerprint density at radius 3 is 2.44 bits per heavy atom. The van der Waals surface area contributed by atoms with Crippen LogP contribution in [0.25, 0.3) is 0 Å². The summed E-state index contributed by atoms with van der Waals surface area (Å²) in [7, 11) is 0. The highest BCUT2D eigenvalue weighted by molar-refractivity contribution is 6.01. The number of carbonyl (C=O) groups is 3. The lowest BCUT2D eigenvalue weighted by Gasteiger charge is -2.16. The third-order valence-corrected chi connectivity index (χ3v) is 4.21. The van der Waals surface area contributed by atoms with Crippen LogP contribution >= 0.6 is 0 Å². The van der Waals surface area contributed by atoms with Crippen molar-refractivity contribution in [1.29, 1.82) is 0 Å². The van der Waals surface area contributed by atoms with E-state index in [-0.39, 0.29) is 31.2 Å². The Balaban J connectivity index is 1.51. The molecule has 0 bridgehead atoms. The van der Waals surface area contributed by atoms with Crippen LogP contribution < -0.4 is 15.5 Å². The first kappa shape index (κ1) is 18.4. The molecule has 140 valence electrons. The van der Waals surface area contributed by atoms with E-state index in [1.54, 1.807) is 0 Å². The fraction of sp³-hybridized carbons (Fsp3) is 0.211. The first-order valence-corrected chi connectivity index (χ1v) is 8.35. The van der Waals surface area contributed by atoms with Gasteiger partial charge in [0, 0.05) is 24.3 Å². The molecule has 2 aromatic rings. The van der Waals surface area contributed by atoms with Gasteiger partial charge in [-0.2, -0.15) is 0 Å². The first-order chi connectivity index (χ1) is 12.9. The Kier molecular flexibility index (Phi) is 5.35. The molecule has 1 fully saturated rings. The van der Waals surface area contributed by atoms with Gasteiger partial charge in [-0.1, -0.05) is 0 Å². The minimum atomic E-state index is -0.580. The van der Waals surface area contributed by atoms with Crippen molar-refractivity contribution in [2.45, 2.75) is 6.42 Å². The summed E-state index contributed by atoms with van der Waals surface area (Å²) >= 11 is 0. The monoisotopic (exact) mass is 371 g/mol. The van der Waals surface area contributed by atoms with Crippen molar-refractivity contribution in [2.75, 3.05) is 23.3 Å². The number of nitrogens with zero attached hydrogens (tertiary/aromatic N) is 1. The minimum absolute atomic E-state index is 0.0305. The number of carbonyl (C=O) groups excluding carboxylic acids is 3. The molecule has 1 heterocycles. The van der Waals surface area contributed by atoms with Crippen molar-refractivity contribution < 1.29 is 23.9 Å². The van der Waals surface area contributed by atoms with Crippen LogP contribution in [0.5, 0.6) is 5.75 Å². The zero-order chi connectivity index (χ0) is 19.4. The Hall–Kier alpha value is -3.42. The van der Waals surface area contributed by atoms with E-state index in [4.69, 9.17) is 0 Å². The van der Waals surface area contributed by atoms with Crippen molar-refractivity contribution in [3.05, 3.63) is 54.3 Å². The zero-order valence-electron chi connectivity index (χ0n) is 14.3. The van der Waals surface area contributed by atoms with Crippen LogP contribution in [0.2, 0.25) is 0 Å². The topological polar surface area (TPSA) is 98.7 Å². The highest BCUT2D eigenvalue weighted by Gasteiger charge is 2.35. The molecule has 7 nitrogen and oxygen atoms in total. The molecule has 0 aliphatic carbocycles. The van der Waals surface area contributed by atoms with Gasteiger partial charge in [-0.15, -0.1) is 0 Å². The van der Waals surface area contributed by atoms with Gasteiger partial charge in [0.2, 0.25) is 17.7 Å². The molecule has 0 unspecified atom stereocenters. The number of benzene rings is 2. The lowest BCUT2D eigenvalue weighted by atomic mass is 10.1. The largest absolute Gasteiger partial charge is 0.508 e. The van der Waals surface area contributed by atoms with E-state index in [1.807, 2.05) is 0 Å². The van der Waals surface area contributed by atoms with Gasteiger partial charge in [0.05, 0.1) is 12.5 Å². The van der Waals surface area contributed by atoms with E-state index >= 15 is 0 Å². The molecule has 1 saturated heterocycles. The number of hydrogen-bond acceptors (Lipinski definition) is 4. The summed E-state index contributed by atoms with van der Waals surface area (Å²) in [5.41, 5.74) is 1.02. The third-order valence-electron chi connectivity index (χ3n) is 4.21. The van der Waals surface area contributed by atoms with Crippen LogP contribution in [0, 0.1) is 11.7 Å². The van der Waals surface area contributed by atoms with Gasteiger partial charge in [0.25, 0.3) is 0 Å². The number of phenolic OH excluding ortho intramolecular Hbond substituents is 1. The average molecular weight is 371 g/mol. The molecule has 8 heteroatoms. The molecule has 3 N–H and O–H groups in total. The van der Waals surface area contributed by atoms with Gasteiger partial charge in [-0.3, -0.25) is 14.4 Å². The van der Waals surface area contributed by atoms with E-state index in [1.165, 1.54) is 53.4 Å². The predicted molar refractivity (Wildman–Crippen MR) is 96.6 cm³/mol. The van der Waals surface area contributed by atoms with Crippen LogP contribution in [-0.2, 0) is 14.4 Å². The van der Waals surface area contributed by atoms with Crippen LogP contribution in [0.4, 0.5) is 15.8 Å².